The third-order valence-electron chi connectivity index (χ3n) is 4.90. The second kappa shape index (κ2) is 8.73. The van der Waals surface area contributed by atoms with Gasteiger partial charge in [0, 0.05) is 31.3 Å². The summed E-state index contributed by atoms with van der Waals surface area (Å²) in [5.74, 6) is 0.333. The summed E-state index contributed by atoms with van der Waals surface area (Å²) in [7, 11) is -1.13. The highest BCUT2D eigenvalue weighted by Gasteiger charge is 2.33. The summed E-state index contributed by atoms with van der Waals surface area (Å²) < 4.78 is 51.5. The number of ether oxygens (including phenoxy) is 2. The van der Waals surface area contributed by atoms with E-state index in [1.165, 1.54) is 37.4 Å². The summed E-state index contributed by atoms with van der Waals surface area (Å²) in [5.41, 5.74) is 0. The lowest BCUT2D eigenvalue weighted by Gasteiger charge is -2.32. The van der Waals surface area contributed by atoms with E-state index in [2.05, 4.69) is 5.32 Å². The molecule has 6 nitrogen and oxygen atoms in total. The first-order valence-corrected chi connectivity index (χ1v) is 10.0. The lowest BCUT2D eigenvalue weighted by atomic mass is 10.1. The SMILES string of the molecule is COc1cc(F)c(S(=O)(=O)N2CCC(NCC3CC3)CC2)cc1OC.Cl. The van der Waals surface area contributed by atoms with E-state index in [1.807, 2.05) is 0 Å². The van der Waals surface area contributed by atoms with Crippen LogP contribution in [0.5, 0.6) is 11.5 Å². The van der Waals surface area contributed by atoms with E-state index in [9.17, 15) is 12.8 Å². The fraction of sp³-hybridized carbons (Fsp3) is 0.647. The van der Waals surface area contributed by atoms with Crippen molar-refractivity contribution in [1.82, 2.24) is 9.62 Å². The average molecular weight is 409 g/mol. The molecule has 9 heteroatoms. The summed E-state index contributed by atoms with van der Waals surface area (Å²) >= 11 is 0. The quantitative estimate of drug-likeness (QED) is 0.750. The van der Waals surface area contributed by atoms with Gasteiger partial charge in [-0.15, -0.1) is 12.4 Å². The van der Waals surface area contributed by atoms with Crippen LogP contribution in [-0.4, -0.2) is 52.6 Å². The fourth-order valence-electron chi connectivity index (χ4n) is 3.13. The highest BCUT2D eigenvalue weighted by atomic mass is 35.5. The zero-order valence-electron chi connectivity index (χ0n) is 15.0. The van der Waals surface area contributed by atoms with Crippen LogP contribution in [-0.2, 0) is 10.0 Å². The molecule has 2 fully saturated rings. The number of sulfonamides is 1. The first kappa shape index (κ1) is 21.2. The highest BCUT2D eigenvalue weighted by molar-refractivity contribution is 7.89. The standard InChI is InChI=1S/C17H25FN2O4S.ClH/c1-23-15-9-14(18)17(10-16(15)24-2)25(21,22)20-7-5-13(6-8-20)19-11-12-3-4-12;/h9-10,12-13,19H,3-8,11H2,1-2H3;1H. The van der Waals surface area contributed by atoms with Crippen LogP contribution in [0.2, 0.25) is 0 Å². The van der Waals surface area contributed by atoms with Crippen LogP contribution in [0.3, 0.4) is 0 Å². The number of methoxy groups -OCH3 is 2. The minimum Gasteiger partial charge on any atom is -0.493 e. The molecule has 1 aliphatic heterocycles. The van der Waals surface area contributed by atoms with E-state index in [1.54, 1.807) is 0 Å². The number of hydrogen-bond acceptors (Lipinski definition) is 5. The number of piperidine rings is 1. The molecule has 1 saturated heterocycles. The van der Waals surface area contributed by atoms with Gasteiger partial charge in [-0.25, -0.2) is 12.8 Å². The molecule has 148 valence electrons. The Morgan fingerprint density at radius 1 is 1.12 bits per heavy atom. The predicted octanol–water partition coefficient (Wildman–Crippen LogP) is 2.42. The van der Waals surface area contributed by atoms with E-state index in [0.717, 1.165) is 31.4 Å². The molecule has 26 heavy (non-hydrogen) atoms. The van der Waals surface area contributed by atoms with Gasteiger partial charge in [-0.2, -0.15) is 4.31 Å². The number of halogens is 2. The molecular formula is C17H26ClFN2O4S. The lowest BCUT2D eigenvalue weighted by Crippen LogP contribution is -2.45. The van der Waals surface area contributed by atoms with Crippen molar-refractivity contribution < 1.29 is 22.3 Å². The van der Waals surface area contributed by atoms with Gasteiger partial charge in [0.05, 0.1) is 14.2 Å². The van der Waals surface area contributed by atoms with Crippen molar-refractivity contribution >= 4 is 22.4 Å². The highest BCUT2D eigenvalue weighted by Crippen LogP contribution is 2.34. The van der Waals surface area contributed by atoms with E-state index >= 15 is 0 Å². The summed E-state index contributed by atoms with van der Waals surface area (Å²) in [6.45, 7) is 1.79. The molecule has 0 unspecified atom stereocenters. The van der Waals surface area contributed by atoms with Gasteiger partial charge in [0.2, 0.25) is 10.0 Å². The average Bonchev–Trinajstić information content (AvgIpc) is 3.44. The number of hydrogen-bond donors (Lipinski definition) is 1. The molecule has 0 radical (unpaired) electrons. The molecular weight excluding hydrogens is 383 g/mol. The molecule has 1 N–H and O–H groups in total. The maximum Gasteiger partial charge on any atom is 0.246 e. The van der Waals surface area contributed by atoms with Gasteiger partial charge >= 0.3 is 0 Å². The lowest BCUT2D eigenvalue weighted by molar-refractivity contribution is 0.287. The van der Waals surface area contributed by atoms with Crippen molar-refractivity contribution in [3.05, 3.63) is 17.9 Å². The maximum atomic E-state index is 14.3. The number of nitrogens with zero attached hydrogens (tertiary/aromatic N) is 1. The Kier molecular flexibility index (Phi) is 7.12. The Morgan fingerprint density at radius 3 is 2.23 bits per heavy atom. The third kappa shape index (κ3) is 4.60. The van der Waals surface area contributed by atoms with Crippen LogP contribution >= 0.6 is 12.4 Å². The molecule has 0 bridgehead atoms. The maximum absolute atomic E-state index is 14.3. The topological polar surface area (TPSA) is 67.9 Å². The van der Waals surface area contributed by atoms with Crippen molar-refractivity contribution in [2.24, 2.45) is 5.92 Å². The van der Waals surface area contributed by atoms with Crippen LogP contribution in [0.1, 0.15) is 25.7 Å². The van der Waals surface area contributed by atoms with Gasteiger partial charge in [0.15, 0.2) is 11.5 Å². The van der Waals surface area contributed by atoms with Gasteiger partial charge in [0.25, 0.3) is 0 Å². The molecule has 1 aromatic carbocycles. The van der Waals surface area contributed by atoms with Crippen molar-refractivity contribution in [2.75, 3.05) is 33.9 Å². The van der Waals surface area contributed by atoms with Crippen LogP contribution in [0.4, 0.5) is 4.39 Å². The van der Waals surface area contributed by atoms with E-state index in [-0.39, 0.29) is 28.8 Å². The van der Waals surface area contributed by atoms with Crippen LogP contribution in [0, 0.1) is 11.7 Å². The summed E-state index contributed by atoms with van der Waals surface area (Å²) in [6, 6.07) is 2.58. The molecule has 0 amide bonds. The summed E-state index contributed by atoms with van der Waals surface area (Å²) in [6.07, 6.45) is 4.05. The van der Waals surface area contributed by atoms with E-state index in [0.29, 0.717) is 19.1 Å². The second-order valence-corrected chi connectivity index (χ2v) is 8.57. The van der Waals surface area contributed by atoms with Gasteiger partial charge < -0.3 is 14.8 Å². The zero-order valence-corrected chi connectivity index (χ0v) is 16.7. The van der Waals surface area contributed by atoms with E-state index in [4.69, 9.17) is 9.47 Å². The molecule has 0 atom stereocenters. The molecule has 1 heterocycles. The Bertz CT molecular complexity index is 720. The monoisotopic (exact) mass is 408 g/mol. The Labute approximate surface area is 160 Å². The van der Waals surface area contributed by atoms with Crippen LogP contribution < -0.4 is 14.8 Å². The van der Waals surface area contributed by atoms with Crippen molar-refractivity contribution in [3.63, 3.8) is 0 Å². The van der Waals surface area contributed by atoms with Gasteiger partial charge in [0.1, 0.15) is 10.7 Å². The largest absolute Gasteiger partial charge is 0.493 e. The normalized spacial score (nSPS) is 19.0. The summed E-state index contributed by atoms with van der Waals surface area (Å²) in [4.78, 5) is -0.366. The molecule has 1 aliphatic carbocycles. The van der Waals surface area contributed by atoms with E-state index < -0.39 is 15.8 Å². The molecule has 3 rings (SSSR count). The molecule has 2 aliphatic rings. The molecule has 1 saturated carbocycles. The minimum absolute atomic E-state index is 0. The third-order valence-corrected chi connectivity index (χ3v) is 6.82. The van der Waals surface area contributed by atoms with Crippen LogP contribution in [0.25, 0.3) is 0 Å². The Balaban J connectivity index is 0.00000243. The Morgan fingerprint density at radius 2 is 1.69 bits per heavy atom. The van der Waals surface area contributed by atoms with Gasteiger partial charge in [-0.3, -0.25) is 0 Å². The number of rotatable bonds is 7. The van der Waals surface area contributed by atoms with Gasteiger partial charge in [-0.1, -0.05) is 0 Å². The molecule has 0 spiro atoms. The van der Waals surface area contributed by atoms with Gasteiger partial charge in [-0.05, 0) is 38.1 Å². The number of benzene rings is 1. The summed E-state index contributed by atoms with van der Waals surface area (Å²) in [5, 5.41) is 3.51. The fourth-order valence-corrected chi connectivity index (χ4v) is 4.66. The minimum atomic E-state index is -3.90. The van der Waals surface area contributed by atoms with Crippen molar-refractivity contribution in [1.29, 1.82) is 0 Å². The van der Waals surface area contributed by atoms with Crippen molar-refractivity contribution in [3.8, 4) is 11.5 Å². The first-order valence-electron chi connectivity index (χ1n) is 8.60. The smallest absolute Gasteiger partial charge is 0.246 e. The predicted molar refractivity (Wildman–Crippen MR) is 99.3 cm³/mol. The number of nitrogens with one attached hydrogen (secondary N) is 1. The van der Waals surface area contributed by atoms with Crippen LogP contribution in [0.15, 0.2) is 17.0 Å². The Hall–Kier alpha value is -1.09. The second-order valence-electron chi connectivity index (χ2n) is 6.67. The zero-order chi connectivity index (χ0) is 18.0. The molecule has 0 aromatic heterocycles. The first-order chi connectivity index (χ1) is 12.0. The molecule has 1 aromatic rings. The van der Waals surface area contributed by atoms with Crippen molar-refractivity contribution in [2.45, 2.75) is 36.6 Å².